The third kappa shape index (κ3) is 5.42. The number of rotatable bonds is 7. The molecule has 39 heavy (non-hydrogen) atoms. The number of fused-ring (bicyclic) bond motifs is 1. The Morgan fingerprint density at radius 1 is 1.15 bits per heavy atom. The van der Waals surface area contributed by atoms with Crippen LogP contribution >= 0.6 is 27.3 Å². The summed E-state index contributed by atoms with van der Waals surface area (Å²) in [5.74, 6) is 1.32. The number of thiazole rings is 1. The lowest BCUT2D eigenvalue weighted by Crippen LogP contribution is -2.40. The van der Waals surface area contributed by atoms with Crippen LogP contribution in [0, 0.1) is 0 Å². The van der Waals surface area contributed by atoms with E-state index in [9.17, 15) is 9.59 Å². The average Bonchev–Trinajstić information content (AvgIpc) is 3.48. The molecule has 3 heterocycles. The van der Waals surface area contributed by atoms with Gasteiger partial charge in [-0.3, -0.25) is 9.36 Å². The number of aromatic nitrogens is 1. The highest BCUT2D eigenvalue weighted by atomic mass is 79.9. The summed E-state index contributed by atoms with van der Waals surface area (Å²) in [6, 6.07) is 18.2. The van der Waals surface area contributed by atoms with E-state index in [0.29, 0.717) is 43.4 Å². The number of allylic oxidation sites excluding steroid dienone is 1. The number of nitrogens with zero attached hydrogens (tertiary/aromatic N) is 2. The first-order chi connectivity index (χ1) is 18.8. The molecule has 5 rings (SSSR count). The summed E-state index contributed by atoms with van der Waals surface area (Å²) in [6.07, 6.45) is 1.61. The minimum absolute atomic E-state index is 0.100. The lowest BCUT2D eigenvalue weighted by Gasteiger charge is -2.26. The van der Waals surface area contributed by atoms with Gasteiger partial charge in [0.05, 0.1) is 28.5 Å². The molecule has 0 saturated heterocycles. The first kappa shape index (κ1) is 26.9. The van der Waals surface area contributed by atoms with Gasteiger partial charge in [-0.1, -0.05) is 57.6 Å². The maximum Gasteiger partial charge on any atom is 0.338 e. The fraction of sp³-hybridized carbons (Fsp3) is 0.233. The van der Waals surface area contributed by atoms with E-state index in [1.165, 1.54) is 11.3 Å². The molecule has 200 valence electrons. The Hall–Kier alpha value is -3.69. The van der Waals surface area contributed by atoms with Crippen molar-refractivity contribution < 1.29 is 18.7 Å². The molecule has 9 heteroatoms. The number of para-hydroxylation sites is 1. The molecule has 0 N–H and O–H groups in total. The molecule has 0 saturated carbocycles. The van der Waals surface area contributed by atoms with Crippen molar-refractivity contribution in [1.82, 2.24) is 4.57 Å². The molecule has 1 aliphatic heterocycles. The highest BCUT2D eigenvalue weighted by molar-refractivity contribution is 9.10. The minimum atomic E-state index is -0.757. The van der Waals surface area contributed by atoms with Crippen LogP contribution in [0.2, 0.25) is 0 Å². The van der Waals surface area contributed by atoms with Crippen LogP contribution in [0.4, 0.5) is 0 Å². The van der Waals surface area contributed by atoms with Gasteiger partial charge in [0.2, 0.25) is 0 Å². The molecule has 1 atom stereocenters. The Morgan fingerprint density at radius 2 is 1.90 bits per heavy atom. The highest BCUT2D eigenvalue weighted by Crippen LogP contribution is 2.36. The quantitative estimate of drug-likeness (QED) is 0.255. The lowest BCUT2D eigenvalue weighted by molar-refractivity contribution is -0.139. The molecule has 0 amide bonds. The van der Waals surface area contributed by atoms with E-state index in [-0.39, 0.29) is 18.3 Å². The van der Waals surface area contributed by atoms with Crippen molar-refractivity contribution in [1.29, 1.82) is 0 Å². The second-order valence-corrected chi connectivity index (χ2v) is 11.1. The maximum atomic E-state index is 13.9. The van der Waals surface area contributed by atoms with E-state index >= 15 is 0 Å². The van der Waals surface area contributed by atoms with Crippen molar-refractivity contribution in [3.8, 4) is 17.1 Å². The first-order valence-corrected chi connectivity index (χ1v) is 14.2. The Balaban J connectivity index is 1.66. The van der Waals surface area contributed by atoms with Crippen molar-refractivity contribution >= 4 is 39.3 Å². The van der Waals surface area contributed by atoms with Gasteiger partial charge in [-0.15, -0.1) is 0 Å². The summed E-state index contributed by atoms with van der Waals surface area (Å²) < 4.78 is 20.5. The summed E-state index contributed by atoms with van der Waals surface area (Å²) in [7, 11) is 0. The number of ether oxygens (including phenoxy) is 2. The van der Waals surface area contributed by atoms with E-state index in [0.717, 1.165) is 10.0 Å². The number of halogens is 1. The number of carbonyl (C=O) groups is 1. The molecular weight excluding hydrogens is 580 g/mol. The van der Waals surface area contributed by atoms with E-state index in [2.05, 4.69) is 20.9 Å². The number of esters is 1. The third-order valence-corrected chi connectivity index (χ3v) is 7.63. The molecule has 2 aromatic carbocycles. The fourth-order valence-corrected chi connectivity index (χ4v) is 5.77. The molecule has 2 aromatic heterocycles. The van der Waals surface area contributed by atoms with Crippen LogP contribution in [-0.2, 0) is 9.53 Å². The van der Waals surface area contributed by atoms with Gasteiger partial charge >= 0.3 is 5.97 Å². The molecule has 1 unspecified atom stereocenters. The van der Waals surface area contributed by atoms with Gasteiger partial charge in [0, 0.05) is 21.7 Å². The molecule has 0 fully saturated rings. The maximum absolute atomic E-state index is 13.9. The van der Waals surface area contributed by atoms with E-state index in [1.54, 1.807) is 24.5 Å². The fourth-order valence-electron chi connectivity index (χ4n) is 4.48. The van der Waals surface area contributed by atoms with E-state index in [4.69, 9.17) is 13.9 Å². The van der Waals surface area contributed by atoms with Gasteiger partial charge in [-0.05, 0) is 58.0 Å². The smallest absolute Gasteiger partial charge is 0.338 e. The average molecular weight is 608 g/mol. The second kappa shape index (κ2) is 11.2. The number of carbonyl (C=O) groups excluding carboxylic acids is 1. The number of hydrogen-bond acceptors (Lipinski definition) is 7. The Labute approximate surface area is 237 Å². The minimum Gasteiger partial charge on any atom is -0.491 e. The van der Waals surface area contributed by atoms with Crippen LogP contribution in [0.5, 0.6) is 5.75 Å². The molecule has 0 bridgehead atoms. The van der Waals surface area contributed by atoms with Gasteiger partial charge in [-0.25, -0.2) is 9.79 Å². The summed E-state index contributed by atoms with van der Waals surface area (Å²) in [5.41, 5.74) is 2.15. The molecular formula is C30H27BrN2O5S. The van der Waals surface area contributed by atoms with Crippen LogP contribution in [0.3, 0.4) is 0 Å². The predicted octanol–water partition coefficient (Wildman–Crippen LogP) is 5.61. The molecule has 4 aromatic rings. The molecule has 1 aliphatic rings. The molecule has 0 aliphatic carbocycles. The number of furan rings is 1. The zero-order valence-electron chi connectivity index (χ0n) is 21.9. The Morgan fingerprint density at radius 3 is 2.62 bits per heavy atom. The topological polar surface area (TPSA) is 83.0 Å². The Kier molecular flexibility index (Phi) is 7.72. The van der Waals surface area contributed by atoms with Gasteiger partial charge in [0.15, 0.2) is 4.80 Å². The molecule has 0 spiro atoms. The van der Waals surface area contributed by atoms with Crippen LogP contribution < -0.4 is 19.6 Å². The van der Waals surface area contributed by atoms with Crippen molar-refractivity contribution in [2.24, 2.45) is 4.99 Å². The standard InChI is InChI=1S/C30H27BrN2O5S/c1-5-36-29(35)26-18(4)32-30-33(27(26)22-8-6-7-9-24(22)37-17(2)3)28(34)25(39-30)16-21-14-15-23(38-21)19-10-12-20(31)13-11-19/h6-17,27H,5H2,1-4H3/b25-16-. The van der Waals surface area contributed by atoms with Crippen molar-refractivity contribution in [3.05, 3.63) is 107 Å². The number of benzene rings is 2. The van der Waals surface area contributed by atoms with Crippen molar-refractivity contribution in [2.75, 3.05) is 6.61 Å². The van der Waals surface area contributed by atoms with Crippen LogP contribution in [0.1, 0.15) is 45.1 Å². The zero-order valence-corrected chi connectivity index (χ0v) is 24.3. The summed E-state index contributed by atoms with van der Waals surface area (Å²) in [6.45, 7) is 7.58. The second-order valence-electron chi connectivity index (χ2n) is 9.22. The van der Waals surface area contributed by atoms with Gasteiger partial charge in [0.25, 0.3) is 5.56 Å². The highest BCUT2D eigenvalue weighted by Gasteiger charge is 2.35. The molecule has 7 nitrogen and oxygen atoms in total. The van der Waals surface area contributed by atoms with Gasteiger partial charge in [0.1, 0.15) is 23.3 Å². The SMILES string of the molecule is CCOC(=O)C1=C(C)N=c2s/c(=C\c3ccc(-c4ccc(Br)cc4)o3)c(=O)n2C1c1ccccc1OC(C)C. The van der Waals surface area contributed by atoms with Gasteiger partial charge < -0.3 is 13.9 Å². The van der Waals surface area contributed by atoms with Crippen LogP contribution in [0.15, 0.2) is 90.6 Å². The van der Waals surface area contributed by atoms with Crippen LogP contribution in [0.25, 0.3) is 17.4 Å². The largest absolute Gasteiger partial charge is 0.491 e. The summed E-state index contributed by atoms with van der Waals surface area (Å²) in [5, 5.41) is 0. The monoisotopic (exact) mass is 606 g/mol. The van der Waals surface area contributed by atoms with Crippen LogP contribution in [-0.4, -0.2) is 23.2 Å². The Bertz CT molecular complexity index is 1740. The summed E-state index contributed by atoms with van der Waals surface area (Å²) in [4.78, 5) is 32.2. The predicted molar refractivity (Wildman–Crippen MR) is 154 cm³/mol. The van der Waals surface area contributed by atoms with Crippen molar-refractivity contribution in [2.45, 2.75) is 39.8 Å². The lowest BCUT2D eigenvalue weighted by atomic mass is 9.95. The van der Waals surface area contributed by atoms with Crippen molar-refractivity contribution in [3.63, 3.8) is 0 Å². The van der Waals surface area contributed by atoms with E-state index < -0.39 is 12.0 Å². The van der Waals surface area contributed by atoms with Gasteiger partial charge in [-0.2, -0.15) is 0 Å². The van der Waals surface area contributed by atoms with E-state index in [1.807, 2.05) is 74.5 Å². The third-order valence-electron chi connectivity index (χ3n) is 6.12. The number of hydrogen-bond donors (Lipinski definition) is 0. The zero-order chi connectivity index (χ0) is 27.7. The summed E-state index contributed by atoms with van der Waals surface area (Å²) >= 11 is 4.69. The molecule has 0 radical (unpaired) electrons. The normalized spacial score (nSPS) is 15.3. The first-order valence-electron chi connectivity index (χ1n) is 12.6.